The molecular weight excluding hydrogens is 310 g/mol. The van der Waals surface area contributed by atoms with Crippen LogP contribution in [0.2, 0.25) is 0 Å². The van der Waals surface area contributed by atoms with E-state index in [4.69, 9.17) is 4.74 Å². The Bertz CT molecular complexity index is 544. The van der Waals surface area contributed by atoms with Crippen LogP contribution in [0.1, 0.15) is 49.3 Å². The van der Waals surface area contributed by atoms with Crippen molar-refractivity contribution in [3.8, 4) is 0 Å². The molecule has 0 amide bonds. The number of aliphatic hydroxyl groups is 1. The van der Waals surface area contributed by atoms with Gasteiger partial charge in [0.05, 0.1) is 12.7 Å². The van der Waals surface area contributed by atoms with Crippen LogP contribution in [0.15, 0.2) is 60.7 Å². The third kappa shape index (κ3) is 8.82. The lowest BCUT2D eigenvalue weighted by molar-refractivity contribution is 0.116. The quantitative estimate of drug-likeness (QED) is 0.528. The normalized spacial score (nSPS) is 12.2. The maximum atomic E-state index is 10.0. The third-order valence-electron chi connectivity index (χ3n) is 4.28. The van der Waals surface area contributed by atoms with Crippen LogP contribution in [0.5, 0.6) is 0 Å². The summed E-state index contributed by atoms with van der Waals surface area (Å²) in [6.45, 7) is 3.15. The van der Waals surface area contributed by atoms with Gasteiger partial charge in [-0.3, -0.25) is 0 Å². The highest BCUT2D eigenvalue weighted by atomic mass is 16.5. The molecule has 0 spiro atoms. The first-order chi connectivity index (χ1) is 12.4. The summed E-state index contributed by atoms with van der Waals surface area (Å²) in [7, 11) is 0. The van der Waals surface area contributed by atoms with E-state index in [0.29, 0.717) is 13.2 Å². The van der Waals surface area contributed by atoms with Gasteiger partial charge in [-0.05, 0) is 30.5 Å². The van der Waals surface area contributed by atoms with Gasteiger partial charge in [0.15, 0.2) is 0 Å². The molecule has 1 unspecified atom stereocenters. The van der Waals surface area contributed by atoms with E-state index < -0.39 is 6.10 Å². The van der Waals surface area contributed by atoms with Crippen molar-refractivity contribution in [2.24, 2.45) is 0 Å². The largest absolute Gasteiger partial charge is 0.387 e. The van der Waals surface area contributed by atoms with Gasteiger partial charge in [0.25, 0.3) is 0 Å². The molecule has 2 N–H and O–H groups in total. The van der Waals surface area contributed by atoms with Gasteiger partial charge >= 0.3 is 0 Å². The van der Waals surface area contributed by atoms with E-state index >= 15 is 0 Å². The minimum absolute atomic E-state index is 0.414. The third-order valence-corrected chi connectivity index (χ3v) is 4.28. The molecule has 136 valence electrons. The fourth-order valence-electron chi connectivity index (χ4n) is 2.78. The maximum absolute atomic E-state index is 10.0. The molecule has 0 aromatic heterocycles. The van der Waals surface area contributed by atoms with Gasteiger partial charge < -0.3 is 15.2 Å². The first-order valence-electron chi connectivity index (χ1n) is 9.41. The fraction of sp³-hybridized carbons (Fsp3) is 0.455. The van der Waals surface area contributed by atoms with Gasteiger partial charge in [-0.2, -0.15) is 0 Å². The Morgan fingerprint density at radius 3 is 2.20 bits per heavy atom. The van der Waals surface area contributed by atoms with Crippen LogP contribution in [0.3, 0.4) is 0 Å². The van der Waals surface area contributed by atoms with E-state index in [0.717, 1.165) is 31.6 Å². The highest BCUT2D eigenvalue weighted by Crippen LogP contribution is 2.10. The average molecular weight is 341 g/mol. The van der Waals surface area contributed by atoms with Crippen LogP contribution in [0, 0.1) is 0 Å². The second-order valence-electron chi connectivity index (χ2n) is 6.44. The van der Waals surface area contributed by atoms with E-state index in [1.807, 2.05) is 48.5 Å². The highest BCUT2D eigenvalue weighted by molar-refractivity contribution is 5.17. The van der Waals surface area contributed by atoms with E-state index in [1.165, 1.54) is 24.8 Å². The molecule has 0 fully saturated rings. The molecular formula is C22H31NO2. The van der Waals surface area contributed by atoms with E-state index in [-0.39, 0.29) is 0 Å². The molecule has 0 saturated carbocycles. The van der Waals surface area contributed by atoms with Crippen molar-refractivity contribution in [3.63, 3.8) is 0 Å². The second-order valence-corrected chi connectivity index (χ2v) is 6.44. The Morgan fingerprint density at radius 1 is 0.800 bits per heavy atom. The molecule has 3 nitrogen and oxygen atoms in total. The van der Waals surface area contributed by atoms with Crippen molar-refractivity contribution in [3.05, 3.63) is 71.8 Å². The van der Waals surface area contributed by atoms with Crippen molar-refractivity contribution in [1.82, 2.24) is 5.32 Å². The number of aliphatic hydroxyl groups excluding tert-OH is 1. The SMILES string of the molecule is OC(CNCCCCCCCOCc1ccccc1)c1ccccc1. The summed E-state index contributed by atoms with van der Waals surface area (Å²) in [6, 6.07) is 20.1. The highest BCUT2D eigenvalue weighted by Gasteiger charge is 2.05. The number of hydrogen-bond acceptors (Lipinski definition) is 3. The summed E-state index contributed by atoms with van der Waals surface area (Å²) in [5.41, 5.74) is 2.22. The molecule has 0 aliphatic rings. The number of unbranched alkanes of at least 4 members (excludes halogenated alkanes) is 4. The molecule has 2 aromatic rings. The minimum atomic E-state index is -0.414. The molecule has 3 heteroatoms. The van der Waals surface area contributed by atoms with Crippen LogP contribution >= 0.6 is 0 Å². The lowest BCUT2D eigenvalue weighted by Crippen LogP contribution is -2.22. The van der Waals surface area contributed by atoms with Gasteiger partial charge in [0.2, 0.25) is 0 Å². The molecule has 0 heterocycles. The molecule has 0 aliphatic carbocycles. The van der Waals surface area contributed by atoms with Gasteiger partial charge in [0.1, 0.15) is 0 Å². The average Bonchev–Trinajstić information content (AvgIpc) is 2.67. The van der Waals surface area contributed by atoms with Crippen LogP contribution in [0.25, 0.3) is 0 Å². The lowest BCUT2D eigenvalue weighted by Gasteiger charge is -2.12. The lowest BCUT2D eigenvalue weighted by atomic mass is 10.1. The van der Waals surface area contributed by atoms with Crippen LogP contribution < -0.4 is 5.32 Å². The standard InChI is InChI=1S/C22H31NO2/c24-22(21-14-8-5-9-15-21)18-23-16-10-2-1-3-11-17-25-19-20-12-6-4-7-13-20/h4-9,12-15,22-24H,1-3,10-11,16-19H2. The molecule has 2 rings (SSSR count). The molecule has 0 saturated heterocycles. The van der Waals surface area contributed by atoms with E-state index in [1.54, 1.807) is 0 Å². The van der Waals surface area contributed by atoms with Crippen LogP contribution in [0.4, 0.5) is 0 Å². The predicted molar refractivity (Wildman–Crippen MR) is 103 cm³/mol. The minimum Gasteiger partial charge on any atom is -0.387 e. The number of rotatable bonds is 13. The monoisotopic (exact) mass is 341 g/mol. The zero-order chi connectivity index (χ0) is 17.6. The zero-order valence-corrected chi connectivity index (χ0v) is 15.1. The fourth-order valence-corrected chi connectivity index (χ4v) is 2.78. The first kappa shape index (κ1) is 19.6. The summed E-state index contributed by atoms with van der Waals surface area (Å²) in [6.07, 6.45) is 5.58. The smallest absolute Gasteiger partial charge is 0.0914 e. The van der Waals surface area contributed by atoms with Crippen molar-refractivity contribution >= 4 is 0 Å². The Labute approximate surface area is 152 Å². The molecule has 0 radical (unpaired) electrons. The van der Waals surface area contributed by atoms with E-state index in [9.17, 15) is 5.11 Å². The number of benzene rings is 2. The van der Waals surface area contributed by atoms with Gasteiger partial charge in [-0.1, -0.05) is 79.9 Å². The van der Waals surface area contributed by atoms with Crippen molar-refractivity contribution in [2.75, 3.05) is 19.7 Å². The Kier molecular flexibility index (Phi) is 9.94. The Hall–Kier alpha value is -1.68. The maximum Gasteiger partial charge on any atom is 0.0914 e. The number of nitrogens with one attached hydrogen (secondary N) is 1. The molecule has 0 bridgehead atoms. The Balaban J connectivity index is 1.36. The molecule has 1 atom stereocenters. The van der Waals surface area contributed by atoms with Gasteiger partial charge in [0, 0.05) is 13.2 Å². The molecule has 2 aromatic carbocycles. The second kappa shape index (κ2) is 12.6. The van der Waals surface area contributed by atoms with Gasteiger partial charge in [-0.25, -0.2) is 0 Å². The van der Waals surface area contributed by atoms with Crippen LogP contribution in [-0.4, -0.2) is 24.8 Å². The molecule has 25 heavy (non-hydrogen) atoms. The molecule has 0 aliphatic heterocycles. The van der Waals surface area contributed by atoms with Crippen molar-refractivity contribution < 1.29 is 9.84 Å². The van der Waals surface area contributed by atoms with Crippen molar-refractivity contribution in [1.29, 1.82) is 0 Å². The summed E-state index contributed by atoms with van der Waals surface area (Å²) in [5.74, 6) is 0. The van der Waals surface area contributed by atoms with Gasteiger partial charge in [-0.15, -0.1) is 0 Å². The topological polar surface area (TPSA) is 41.5 Å². The zero-order valence-electron chi connectivity index (χ0n) is 15.1. The summed E-state index contributed by atoms with van der Waals surface area (Å²) in [5, 5.41) is 13.4. The van der Waals surface area contributed by atoms with E-state index in [2.05, 4.69) is 17.4 Å². The summed E-state index contributed by atoms with van der Waals surface area (Å²) < 4.78 is 5.69. The van der Waals surface area contributed by atoms with Crippen molar-refractivity contribution in [2.45, 2.75) is 44.8 Å². The summed E-state index contributed by atoms with van der Waals surface area (Å²) >= 11 is 0. The number of ether oxygens (including phenoxy) is 1. The summed E-state index contributed by atoms with van der Waals surface area (Å²) in [4.78, 5) is 0. The number of hydrogen-bond donors (Lipinski definition) is 2. The Morgan fingerprint density at radius 2 is 1.44 bits per heavy atom. The predicted octanol–water partition coefficient (Wildman–Crippen LogP) is 4.48. The van der Waals surface area contributed by atoms with Crippen LogP contribution in [-0.2, 0) is 11.3 Å². The first-order valence-corrected chi connectivity index (χ1v) is 9.41.